The maximum Gasteiger partial charge on any atom is 0.253 e. The predicted octanol–water partition coefficient (Wildman–Crippen LogP) is 6.03. The minimum Gasteiger partial charge on any atom is -0.485 e. The van der Waals surface area contributed by atoms with Crippen molar-refractivity contribution in [2.24, 2.45) is 0 Å². The zero-order valence-corrected chi connectivity index (χ0v) is 22.5. The number of nitrogen functional groups attached to an aromatic ring is 1. The number of benzene rings is 2. The highest BCUT2D eigenvalue weighted by atomic mass is 79.9. The molecule has 0 bridgehead atoms. The first kappa shape index (κ1) is 25.1. The Balaban J connectivity index is 1.22. The third-order valence-corrected chi connectivity index (χ3v) is 8.13. The summed E-state index contributed by atoms with van der Waals surface area (Å²) >= 11 is 9.54. The zero-order chi connectivity index (χ0) is 25.1. The molecule has 3 heterocycles. The number of hydrogen-bond donors (Lipinski definition) is 1. The Morgan fingerprint density at radius 2 is 1.75 bits per heavy atom. The van der Waals surface area contributed by atoms with Crippen molar-refractivity contribution in [1.29, 1.82) is 0 Å². The van der Waals surface area contributed by atoms with Crippen molar-refractivity contribution in [1.82, 2.24) is 14.8 Å². The molecular weight excluding hydrogens is 540 g/mol. The predicted molar refractivity (Wildman–Crippen MR) is 147 cm³/mol. The molecule has 2 fully saturated rings. The summed E-state index contributed by atoms with van der Waals surface area (Å²) in [6, 6.07) is 15.8. The van der Waals surface area contributed by atoms with Crippen molar-refractivity contribution in [2.75, 3.05) is 31.9 Å². The molecular formula is C28H30BrClN4O2. The quantitative estimate of drug-likeness (QED) is 0.393. The average molecular weight is 570 g/mol. The van der Waals surface area contributed by atoms with E-state index in [4.69, 9.17) is 22.1 Å². The van der Waals surface area contributed by atoms with Gasteiger partial charge < -0.3 is 20.3 Å². The highest BCUT2D eigenvalue weighted by Gasteiger charge is 2.28. The minimum atomic E-state index is 0.106. The lowest BCUT2D eigenvalue weighted by atomic mass is 10.0. The molecule has 3 aromatic rings. The van der Waals surface area contributed by atoms with Crippen LogP contribution in [0.25, 0.3) is 11.1 Å². The topological polar surface area (TPSA) is 71.7 Å². The number of pyridine rings is 1. The number of likely N-dealkylation sites (tertiary alicyclic amines) is 2. The summed E-state index contributed by atoms with van der Waals surface area (Å²) in [6.07, 6.45) is 6.47. The van der Waals surface area contributed by atoms with Crippen LogP contribution in [0.5, 0.6) is 5.75 Å². The van der Waals surface area contributed by atoms with Gasteiger partial charge in [0.25, 0.3) is 5.91 Å². The standard InChI is InChI=1S/C28H30BrClN4O2/c29-25-16-23(30)8-7-21(25)18-36-26-15-22(17-32-27(26)31)19-3-5-20(6-4-19)28(35)34-13-9-24(10-14-34)33-11-1-2-12-33/h3-8,15-17,24H,1-2,9-14,18H2,(H2,31,32). The molecule has 2 aromatic carbocycles. The van der Waals surface area contributed by atoms with Crippen molar-refractivity contribution in [3.05, 3.63) is 75.4 Å². The zero-order valence-electron chi connectivity index (χ0n) is 20.1. The van der Waals surface area contributed by atoms with Gasteiger partial charge in [-0.2, -0.15) is 0 Å². The van der Waals surface area contributed by atoms with Gasteiger partial charge in [-0.15, -0.1) is 0 Å². The van der Waals surface area contributed by atoms with E-state index in [0.29, 0.717) is 34.8 Å². The van der Waals surface area contributed by atoms with Gasteiger partial charge in [-0.05, 0) is 74.7 Å². The third kappa shape index (κ3) is 5.69. The van der Waals surface area contributed by atoms with Crippen LogP contribution in [0.15, 0.2) is 59.2 Å². The molecule has 6 nitrogen and oxygen atoms in total. The molecule has 0 saturated carbocycles. The van der Waals surface area contributed by atoms with Gasteiger partial charge in [0.1, 0.15) is 6.61 Å². The Bertz CT molecular complexity index is 1220. The van der Waals surface area contributed by atoms with Gasteiger partial charge >= 0.3 is 0 Å². The fourth-order valence-corrected chi connectivity index (χ4v) is 5.85. The molecule has 2 N–H and O–H groups in total. The first-order valence-corrected chi connectivity index (χ1v) is 13.6. The van der Waals surface area contributed by atoms with Gasteiger partial charge in [0.15, 0.2) is 11.6 Å². The molecule has 1 aromatic heterocycles. The van der Waals surface area contributed by atoms with Crippen molar-refractivity contribution >= 4 is 39.3 Å². The van der Waals surface area contributed by atoms with E-state index in [2.05, 4.69) is 25.8 Å². The monoisotopic (exact) mass is 568 g/mol. The Labute approximate surface area is 225 Å². The number of anilines is 1. The van der Waals surface area contributed by atoms with Crippen molar-refractivity contribution in [3.8, 4) is 16.9 Å². The van der Waals surface area contributed by atoms with E-state index in [1.54, 1.807) is 6.20 Å². The Hall–Kier alpha value is -2.61. The lowest BCUT2D eigenvalue weighted by Crippen LogP contribution is -2.45. The van der Waals surface area contributed by atoms with Crippen LogP contribution in [-0.2, 0) is 6.61 Å². The molecule has 5 rings (SSSR count). The minimum absolute atomic E-state index is 0.106. The fraction of sp³-hybridized carbons (Fsp3) is 0.357. The maximum absolute atomic E-state index is 13.1. The number of hydrogen-bond acceptors (Lipinski definition) is 5. The summed E-state index contributed by atoms with van der Waals surface area (Å²) < 4.78 is 6.84. The van der Waals surface area contributed by atoms with Gasteiger partial charge in [-0.3, -0.25) is 4.79 Å². The number of ether oxygens (including phenoxy) is 1. The van der Waals surface area contributed by atoms with E-state index in [0.717, 1.165) is 47.1 Å². The lowest BCUT2D eigenvalue weighted by Gasteiger charge is -2.36. The van der Waals surface area contributed by atoms with E-state index in [1.807, 2.05) is 53.4 Å². The van der Waals surface area contributed by atoms with Gasteiger partial charge in [0.05, 0.1) is 0 Å². The summed E-state index contributed by atoms with van der Waals surface area (Å²) in [5, 5.41) is 0.655. The second-order valence-corrected chi connectivity index (χ2v) is 10.8. The van der Waals surface area contributed by atoms with Gasteiger partial charge in [0.2, 0.25) is 0 Å². The first-order valence-electron chi connectivity index (χ1n) is 12.4. The SMILES string of the molecule is Nc1ncc(-c2ccc(C(=O)N3CCC(N4CCCC4)CC3)cc2)cc1OCc1ccc(Cl)cc1Br. The number of carbonyl (C=O) groups is 1. The number of nitrogens with two attached hydrogens (primary N) is 1. The molecule has 0 atom stereocenters. The molecule has 0 radical (unpaired) electrons. The van der Waals surface area contributed by atoms with E-state index >= 15 is 0 Å². The fourth-order valence-electron chi connectivity index (χ4n) is 5.05. The number of carbonyl (C=O) groups excluding carboxylic acids is 1. The number of halogens is 2. The molecule has 0 unspecified atom stereocenters. The maximum atomic E-state index is 13.1. The summed E-state index contributed by atoms with van der Waals surface area (Å²) in [7, 11) is 0. The van der Waals surface area contributed by atoms with Crippen molar-refractivity contribution < 1.29 is 9.53 Å². The molecule has 0 aliphatic carbocycles. The molecule has 0 spiro atoms. The Morgan fingerprint density at radius 1 is 1.03 bits per heavy atom. The van der Waals surface area contributed by atoms with E-state index in [-0.39, 0.29) is 5.91 Å². The van der Waals surface area contributed by atoms with Crippen LogP contribution in [0.2, 0.25) is 5.02 Å². The Morgan fingerprint density at radius 3 is 2.44 bits per heavy atom. The highest BCUT2D eigenvalue weighted by molar-refractivity contribution is 9.10. The smallest absolute Gasteiger partial charge is 0.253 e. The number of aromatic nitrogens is 1. The van der Waals surface area contributed by atoms with Crippen LogP contribution in [0.3, 0.4) is 0 Å². The second-order valence-electron chi connectivity index (χ2n) is 9.48. The summed E-state index contributed by atoms with van der Waals surface area (Å²) in [6.45, 7) is 4.41. The molecule has 8 heteroatoms. The largest absolute Gasteiger partial charge is 0.485 e. The number of piperidine rings is 1. The molecule has 2 saturated heterocycles. The summed E-state index contributed by atoms with van der Waals surface area (Å²) in [4.78, 5) is 22.0. The number of amides is 1. The highest BCUT2D eigenvalue weighted by Crippen LogP contribution is 2.30. The molecule has 2 aliphatic heterocycles. The van der Waals surface area contributed by atoms with Gasteiger partial charge in [0, 0.05) is 51.5 Å². The third-order valence-electron chi connectivity index (χ3n) is 7.15. The van der Waals surface area contributed by atoms with E-state index in [1.165, 1.54) is 25.9 Å². The molecule has 1 amide bonds. The molecule has 36 heavy (non-hydrogen) atoms. The number of nitrogens with zero attached hydrogens (tertiary/aromatic N) is 3. The van der Waals surface area contributed by atoms with Crippen LogP contribution < -0.4 is 10.5 Å². The van der Waals surface area contributed by atoms with Crippen molar-refractivity contribution in [3.63, 3.8) is 0 Å². The van der Waals surface area contributed by atoms with Crippen LogP contribution in [0.4, 0.5) is 5.82 Å². The summed E-state index contributed by atoms with van der Waals surface area (Å²) in [5.74, 6) is 0.942. The van der Waals surface area contributed by atoms with Gasteiger partial charge in [-0.25, -0.2) is 4.98 Å². The second kappa shape index (κ2) is 11.2. The normalized spacial score (nSPS) is 16.9. The molecule has 2 aliphatic rings. The molecule has 188 valence electrons. The van der Waals surface area contributed by atoms with Crippen LogP contribution >= 0.6 is 27.5 Å². The summed E-state index contributed by atoms with van der Waals surface area (Å²) in [5.41, 5.74) is 9.56. The Kier molecular flexibility index (Phi) is 7.79. The van der Waals surface area contributed by atoms with Crippen LogP contribution in [-0.4, -0.2) is 52.9 Å². The lowest BCUT2D eigenvalue weighted by molar-refractivity contribution is 0.0644. The van der Waals surface area contributed by atoms with Crippen LogP contribution in [0, 0.1) is 0 Å². The number of rotatable bonds is 6. The van der Waals surface area contributed by atoms with E-state index < -0.39 is 0 Å². The van der Waals surface area contributed by atoms with Crippen LogP contribution in [0.1, 0.15) is 41.6 Å². The first-order chi connectivity index (χ1) is 17.5. The van der Waals surface area contributed by atoms with E-state index in [9.17, 15) is 4.79 Å². The van der Waals surface area contributed by atoms with Gasteiger partial charge in [-0.1, -0.05) is 45.7 Å². The average Bonchev–Trinajstić information content (AvgIpc) is 3.44. The van der Waals surface area contributed by atoms with Crippen molar-refractivity contribution in [2.45, 2.75) is 38.3 Å².